The lowest BCUT2D eigenvalue weighted by atomic mass is 10.1. The van der Waals surface area contributed by atoms with Crippen LogP contribution in [0.2, 0.25) is 0 Å². The number of thioether (sulfide) groups is 1. The molecule has 1 atom stereocenters. The molecule has 1 aliphatic rings. The number of para-hydroxylation sites is 1. The molecule has 0 radical (unpaired) electrons. The largest absolute Gasteiger partial charge is 0.494 e. The summed E-state index contributed by atoms with van der Waals surface area (Å²) in [6.07, 6.45) is -0.599. The van der Waals surface area contributed by atoms with Crippen LogP contribution in [0.4, 0.5) is 4.39 Å². The monoisotopic (exact) mass is 304 g/mol. The van der Waals surface area contributed by atoms with Crippen LogP contribution in [-0.2, 0) is 0 Å². The van der Waals surface area contributed by atoms with Gasteiger partial charge in [0, 0.05) is 16.2 Å². The van der Waals surface area contributed by atoms with E-state index in [1.807, 2.05) is 24.3 Å². The van der Waals surface area contributed by atoms with Crippen molar-refractivity contribution in [2.75, 3.05) is 12.9 Å². The van der Waals surface area contributed by atoms with Gasteiger partial charge in [-0.3, -0.25) is 4.79 Å². The Kier molecular flexibility index (Phi) is 3.84. The zero-order valence-corrected chi connectivity index (χ0v) is 12.2. The van der Waals surface area contributed by atoms with Crippen LogP contribution in [0, 0.1) is 5.82 Å². The molecule has 1 heterocycles. The molecule has 2 aromatic rings. The second kappa shape index (κ2) is 5.77. The zero-order chi connectivity index (χ0) is 14.8. The number of ether oxygens (including phenoxy) is 2. The Balaban J connectivity index is 1.82. The summed E-state index contributed by atoms with van der Waals surface area (Å²) in [5.41, 5.74) is 0.290. The molecule has 0 amide bonds. The zero-order valence-electron chi connectivity index (χ0n) is 11.3. The van der Waals surface area contributed by atoms with Gasteiger partial charge in [0.05, 0.1) is 7.11 Å². The molecule has 2 aromatic carbocycles. The van der Waals surface area contributed by atoms with Crippen molar-refractivity contribution >= 4 is 17.5 Å². The molecule has 0 fully saturated rings. The highest BCUT2D eigenvalue weighted by atomic mass is 32.2. The Hall–Kier alpha value is -2.01. The normalized spacial score (nSPS) is 16.8. The third kappa shape index (κ3) is 2.74. The number of Topliss-reactive ketones (excluding diaryl/α,β-unsaturated/α-hetero) is 1. The van der Waals surface area contributed by atoms with Crippen LogP contribution >= 0.6 is 11.8 Å². The summed E-state index contributed by atoms with van der Waals surface area (Å²) in [6, 6.07) is 11.8. The highest BCUT2D eigenvalue weighted by Crippen LogP contribution is 2.35. The average molecular weight is 304 g/mol. The molecule has 0 aliphatic carbocycles. The number of fused-ring (bicyclic) bond motifs is 1. The molecule has 0 saturated carbocycles. The number of hydrogen-bond acceptors (Lipinski definition) is 4. The van der Waals surface area contributed by atoms with Crippen LogP contribution in [0.5, 0.6) is 11.5 Å². The first kappa shape index (κ1) is 13.9. The van der Waals surface area contributed by atoms with Crippen molar-refractivity contribution in [3.63, 3.8) is 0 Å². The number of rotatable bonds is 3. The summed E-state index contributed by atoms with van der Waals surface area (Å²) in [5.74, 6) is 0.562. The van der Waals surface area contributed by atoms with Gasteiger partial charge in [-0.2, -0.15) is 0 Å². The minimum Gasteiger partial charge on any atom is -0.494 e. The third-order valence-electron chi connectivity index (χ3n) is 3.24. The average Bonchev–Trinajstić information content (AvgIpc) is 2.53. The molecule has 1 unspecified atom stereocenters. The molecule has 3 nitrogen and oxygen atoms in total. The minimum atomic E-state index is -0.599. The fraction of sp³-hybridized carbons (Fsp3) is 0.188. The first-order valence-electron chi connectivity index (χ1n) is 6.45. The second-order valence-corrected chi connectivity index (χ2v) is 5.64. The van der Waals surface area contributed by atoms with E-state index in [1.165, 1.54) is 19.2 Å². The van der Waals surface area contributed by atoms with Crippen LogP contribution < -0.4 is 9.47 Å². The summed E-state index contributed by atoms with van der Waals surface area (Å²) in [7, 11) is 1.39. The summed E-state index contributed by atoms with van der Waals surface area (Å²) >= 11 is 1.57. The van der Waals surface area contributed by atoms with E-state index in [0.717, 1.165) is 4.90 Å². The van der Waals surface area contributed by atoms with E-state index in [0.29, 0.717) is 17.1 Å². The van der Waals surface area contributed by atoms with Crippen molar-refractivity contribution in [1.29, 1.82) is 0 Å². The van der Waals surface area contributed by atoms with E-state index in [1.54, 1.807) is 17.8 Å². The lowest BCUT2D eigenvalue weighted by molar-refractivity contribution is 0.0814. The van der Waals surface area contributed by atoms with Crippen molar-refractivity contribution in [2.24, 2.45) is 0 Å². The first-order valence-corrected chi connectivity index (χ1v) is 7.44. The SMILES string of the molecule is COc1ccc(C(=O)C2CSc3ccccc3O2)cc1F. The van der Waals surface area contributed by atoms with Gasteiger partial charge in [0.25, 0.3) is 0 Å². The molecule has 0 spiro atoms. The number of benzene rings is 2. The van der Waals surface area contributed by atoms with Gasteiger partial charge in [-0.15, -0.1) is 11.8 Å². The Morgan fingerprint density at radius 3 is 2.90 bits per heavy atom. The highest BCUT2D eigenvalue weighted by Gasteiger charge is 2.27. The van der Waals surface area contributed by atoms with Gasteiger partial charge in [0.2, 0.25) is 5.78 Å². The van der Waals surface area contributed by atoms with E-state index in [-0.39, 0.29) is 11.5 Å². The van der Waals surface area contributed by atoms with E-state index >= 15 is 0 Å². The molecule has 0 bridgehead atoms. The Labute approximate surface area is 126 Å². The van der Waals surface area contributed by atoms with Gasteiger partial charge in [0.1, 0.15) is 5.75 Å². The summed E-state index contributed by atoms with van der Waals surface area (Å²) in [5, 5.41) is 0. The maximum absolute atomic E-state index is 13.7. The van der Waals surface area contributed by atoms with Gasteiger partial charge in [-0.25, -0.2) is 4.39 Å². The number of methoxy groups -OCH3 is 1. The van der Waals surface area contributed by atoms with E-state index in [2.05, 4.69) is 0 Å². The number of carbonyl (C=O) groups excluding carboxylic acids is 1. The topological polar surface area (TPSA) is 35.5 Å². The quantitative estimate of drug-likeness (QED) is 0.812. The van der Waals surface area contributed by atoms with Crippen molar-refractivity contribution in [2.45, 2.75) is 11.0 Å². The standard InChI is InChI=1S/C16H13FO3S/c1-19-12-7-6-10(8-11(12)17)16(18)14-9-21-15-5-3-2-4-13(15)20-14/h2-8,14H,9H2,1H3. The maximum atomic E-state index is 13.7. The van der Waals surface area contributed by atoms with Gasteiger partial charge in [0.15, 0.2) is 17.7 Å². The van der Waals surface area contributed by atoms with Crippen LogP contribution in [0.25, 0.3) is 0 Å². The summed E-state index contributed by atoms with van der Waals surface area (Å²) in [6.45, 7) is 0. The Morgan fingerprint density at radius 1 is 1.33 bits per heavy atom. The fourth-order valence-electron chi connectivity index (χ4n) is 2.15. The molecular weight excluding hydrogens is 291 g/mol. The molecule has 1 aliphatic heterocycles. The third-order valence-corrected chi connectivity index (χ3v) is 4.36. The lowest BCUT2D eigenvalue weighted by Gasteiger charge is -2.24. The van der Waals surface area contributed by atoms with Crippen LogP contribution in [-0.4, -0.2) is 24.7 Å². The van der Waals surface area contributed by atoms with Crippen molar-refractivity contribution in [3.8, 4) is 11.5 Å². The highest BCUT2D eigenvalue weighted by molar-refractivity contribution is 7.99. The Bertz CT molecular complexity index is 687. The van der Waals surface area contributed by atoms with Crippen molar-refractivity contribution in [1.82, 2.24) is 0 Å². The molecule has 0 saturated heterocycles. The van der Waals surface area contributed by atoms with Gasteiger partial charge < -0.3 is 9.47 Å². The molecule has 5 heteroatoms. The second-order valence-electron chi connectivity index (χ2n) is 4.58. The lowest BCUT2D eigenvalue weighted by Crippen LogP contribution is -2.32. The number of ketones is 1. The molecule has 108 valence electrons. The van der Waals surface area contributed by atoms with E-state index in [4.69, 9.17) is 9.47 Å². The Morgan fingerprint density at radius 2 is 2.14 bits per heavy atom. The maximum Gasteiger partial charge on any atom is 0.204 e. The van der Waals surface area contributed by atoms with Crippen molar-refractivity contribution in [3.05, 3.63) is 53.8 Å². The minimum absolute atomic E-state index is 0.121. The van der Waals surface area contributed by atoms with Gasteiger partial charge >= 0.3 is 0 Å². The van der Waals surface area contributed by atoms with Crippen LogP contribution in [0.3, 0.4) is 0 Å². The fourth-order valence-corrected chi connectivity index (χ4v) is 3.14. The predicted octanol–water partition coefficient (Wildman–Crippen LogP) is 3.57. The number of hydrogen-bond donors (Lipinski definition) is 0. The predicted molar refractivity (Wildman–Crippen MR) is 78.9 cm³/mol. The molecular formula is C16H13FO3S. The van der Waals surface area contributed by atoms with Gasteiger partial charge in [-0.1, -0.05) is 12.1 Å². The summed E-state index contributed by atoms with van der Waals surface area (Å²) in [4.78, 5) is 13.4. The molecule has 3 rings (SSSR count). The molecule has 21 heavy (non-hydrogen) atoms. The number of halogens is 1. The van der Waals surface area contributed by atoms with E-state index in [9.17, 15) is 9.18 Å². The van der Waals surface area contributed by atoms with Crippen LogP contribution in [0.1, 0.15) is 10.4 Å². The summed E-state index contributed by atoms with van der Waals surface area (Å²) < 4.78 is 24.3. The van der Waals surface area contributed by atoms with Crippen LogP contribution in [0.15, 0.2) is 47.4 Å². The molecule has 0 aromatic heterocycles. The number of carbonyl (C=O) groups is 1. The van der Waals surface area contributed by atoms with Crippen molar-refractivity contribution < 1.29 is 18.7 Å². The molecule has 0 N–H and O–H groups in total. The van der Waals surface area contributed by atoms with Gasteiger partial charge in [-0.05, 0) is 30.3 Å². The first-order chi connectivity index (χ1) is 10.2. The van der Waals surface area contributed by atoms with E-state index < -0.39 is 11.9 Å². The smallest absolute Gasteiger partial charge is 0.204 e.